The minimum atomic E-state index is -0.385. The first-order valence-corrected chi connectivity index (χ1v) is 11.3. The quantitative estimate of drug-likeness (QED) is 0.748. The molecule has 0 radical (unpaired) electrons. The molecule has 2 aromatic carbocycles. The van der Waals surface area contributed by atoms with Gasteiger partial charge in [0.15, 0.2) is 0 Å². The first-order valence-electron chi connectivity index (χ1n) is 9.81. The zero-order valence-electron chi connectivity index (χ0n) is 16.2. The van der Waals surface area contributed by atoms with Gasteiger partial charge in [0, 0.05) is 49.1 Å². The maximum absolute atomic E-state index is 13.1. The normalized spacial score (nSPS) is 20.1. The fourth-order valence-electron chi connectivity index (χ4n) is 3.78. The van der Waals surface area contributed by atoms with Gasteiger partial charge in [-0.2, -0.15) is 0 Å². The molecule has 0 N–H and O–H groups in total. The molecule has 1 unspecified atom stereocenters. The third kappa shape index (κ3) is 4.77. The number of carbonyl (C=O) groups is 2. The summed E-state index contributed by atoms with van der Waals surface area (Å²) in [6, 6.07) is 16.9. The van der Waals surface area contributed by atoms with Crippen LogP contribution in [0.4, 0.5) is 0 Å². The standard InChI is InChI=1S/C22H24ClN3O2S/c23-19-8-6-18(7-9-19)21(27)26-16-29-15-20(26)22(28)25-12-10-24(11-13-25)14-17-4-2-1-3-5-17/h1-9,20H,10-16H2. The van der Waals surface area contributed by atoms with Gasteiger partial charge in [0.05, 0.1) is 5.88 Å². The van der Waals surface area contributed by atoms with E-state index < -0.39 is 0 Å². The molecule has 2 aliphatic heterocycles. The highest BCUT2D eigenvalue weighted by molar-refractivity contribution is 7.99. The molecule has 2 heterocycles. The number of amides is 2. The first-order chi connectivity index (χ1) is 14.1. The number of hydrogen-bond acceptors (Lipinski definition) is 4. The van der Waals surface area contributed by atoms with E-state index in [2.05, 4.69) is 29.2 Å². The number of benzene rings is 2. The lowest BCUT2D eigenvalue weighted by molar-refractivity contribution is -0.136. The molecule has 5 nitrogen and oxygen atoms in total. The van der Waals surface area contributed by atoms with E-state index in [0.717, 1.165) is 19.6 Å². The van der Waals surface area contributed by atoms with E-state index >= 15 is 0 Å². The molecule has 0 aromatic heterocycles. The van der Waals surface area contributed by atoms with E-state index in [0.29, 0.717) is 35.3 Å². The van der Waals surface area contributed by atoms with E-state index in [4.69, 9.17) is 11.6 Å². The molecule has 0 saturated carbocycles. The van der Waals surface area contributed by atoms with Crippen LogP contribution in [0.3, 0.4) is 0 Å². The van der Waals surface area contributed by atoms with Crippen LogP contribution >= 0.6 is 23.4 Å². The Balaban J connectivity index is 1.35. The smallest absolute Gasteiger partial charge is 0.255 e. The molecule has 1 atom stereocenters. The van der Waals surface area contributed by atoms with Crippen LogP contribution < -0.4 is 0 Å². The number of nitrogens with zero attached hydrogens (tertiary/aromatic N) is 3. The predicted octanol–water partition coefficient (Wildman–Crippen LogP) is 3.20. The van der Waals surface area contributed by atoms with E-state index in [1.807, 2.05) is 11.0 Å². The van der Waals surface area contributed by atoms with Crippen molar-refractivity contribution in [3.63, 3.8) is 0 Å². The molecule has 7 heteroatoms. The Bertz CT molecular complexity index is 854. The van der Waals surface area contributed by atoms with Gasteiger partial charge in [0.1, 0.15) is 6.04 Å². The molecule has 2 saturated heterocycles. The van der Waals surface area contributed by atoms with Gasteiger partial charge in [0.2, 0.25) is 5.91 Å². The molecule has 2 fully saturated rings. The summed E-state index contributed by atoms with van der Waals surface area (Å²) in [5, 5.41) is 0.596. The summed E-state index contributed by atoms with van der Waals surface area (Å²) in [6.07, 6.45) is 0. The van der Waals surface area contributed by atoms with Crippen molar-refractivity contribution in [3.8, 4) is 0 Å². The number of halogens is 1. The molecule has 2 aromatic rings. The maximum atomic E-state index is 13.1. The Hall–Kier alpha value is -2.02. The van der Waals surface area contributed by atoms with Crippen LogP contribution in [0.25, 0.3) is 0 Å². The van der Waals surface area contributed by atoms with Crippen molar-refractivity contribution in [1.82, 2.24) is 14.7 Å². The molecule has 4 rings (SSSR count). The third-order valence-corrected chi connectivity index (χ3v) is 6.72. The lowest BCUT2D eigenvalue weighted by atomic mass is 10.1. The van der Waals surface area contributed by atoms with Gasteiger partial charge in [-0.3, -0.25) is 14.5 Å². The van der Waals surface area contributed by atoms with Crippen molar-refractivity contribution in [2.45, 2.75) is 12.6 Å². The van der Waals surface area contributed by atoms with Crippen LogP contribution in [-0.4, -0.2) is 70.4 Å². The average molecular weight is 430 g/mol. The molecular weight excluding hydrogens is 406 g/mol. The van der Waals surface area contributed by atoms with Crippen LogP contribution in [-0.2, 0) is 11.3 Å². The van der Waals surface area contributed by atoms with Crippen molar-refractivity contribution in [1.29, 1.82) is 0 Å². The van der Waals surface area contributed by atoms with Crippen molar-refractivity contribution in [3.05, 3.63) is 70.7 Å². The summed E-state index contributed by atoms with van der Waals surface area (Å²) in [4.78, 5) is 32.0. The number of piperazine rings is 1. The van der Waals surface area contributed by atoms with Crippen molar-refractivity contribution < 1.29 is 9.59 Å². The largest absolute Gasteiger partial charge is 0.338 e. The highest BCUT2D eigenvalue weighted by Crippen LogP contribution is 2.25. The second-order valence-electron chi connectivity index (χ2n) is 7.38. The van der Waals surface area contributed by atoms with E-state index in [1.54, 1.807) is 40.9 Å². The fourth-order valence-corrected chi connectivity index (χ4v) is 5.06. The number of thioether (sulfide) groups is 1. The molecule has 29 heavy (non-hydrogen) atoms. The summed E-state index contributed by atoms with van der Waals surface area (Å²) in [5.74, 6) is 1.17. The van der Waals surface area contributed by atoms with Crippen LogP contribution in [0.5, 0.6) is 0 Å². The zero-order chi connectivity index (χ0) is 20.2. The van der Waals surface area contributed by atoms with Gasteiger partial charge < -0.3 is 9.80 Å². The molecule has 0 spiro atoms. The second-order valence-corrected chi connectivity index (χ2v) is 8.82. The van der Waals surface area contributed by atoms with Crippen LogP contribution in [0.1, 0.15) is 15.9 Å². The van der Waals surface area contributed by atoms with Gasteiger partial charge in [-0.15, -0.1) is 11.8 Å². The Labute approximate surface area is 180 Å². The van der Waals surface area contributed by atoms with Gasteiger partial charge in [-0.25, -0.2) is 0 Å². The van der Waals surface area contributed by atoms with E-state index in [1.165, 1.54) is 5.56 Å². The molecule has 2 amide bonds. The number of rotatable bonds is 4. The summed E-state index contributed by atoms with van der Waals surface area (Å²) in [7, 11) is 0. The van der Waals surface area contributed by atoms with Crippen LogP contribution in [0.2, 0.25) is 5.02 Å². The molecular formula is C22H24ClN3O2S. The molecule has 152 valence electrons. The SMILES string of the molecule is O=C(C1CSCN1C(=O)c1ccc(Cl)cc1)N1CCN(Cc2ccccc2)CC1. The highest BCUT2D eigenvalue weighted by Gasteiger charge is 2.38. The van der Waals surface area contributed by atoms with E-state index in [9.17, 15) is 9.59 Å². The molecule has 0 aliphatic carbocycles. The van der Waals surface area contributed by atoms with E-state index in [-0.39, 0.29) is 17.9 Å². The molecule has 0 bridgehead atoms. The van der Waals surface area contributed by atoms with Crippen molar-refractivity contribution in [2.75, 3.05) is 37.8 Å². The predicted molar refractivity (Wildman–Crippen MR) is 117 cm³/mol. The Kier molecular flexibility index (Phi) is 6.43. The lowest BCUT2D eigenvalue weighted by Crippen LogP contribution is -2.54. The first kappa shape index (κ1) is 20.3. The van der Waals surface area contributed by atoms with Gasteiger partial charge in [-0.1, -0.05) is 41.9 Å². The lowest BCUT2D eigenvalue weighted by Gasteiger charge is -2.37. The third-order valence-electron chi connectivity index (χ3n) is 5.45. The maximum Gasteiger partial charge on any atom is 0.255 e. The summed E-state index contributed by atoms with van der Waals surface area (Å²) in [6.45, 7) is 4.02. The summed E-state index contributed by atoms with van der Waals surface area (Å²) in [5.41, 5.74) is 1.86. The van der Waals surface area contributed by atoms with Gasteiger partial charge >= 0.3 is 0 Å². The number of carbonyl (C=O) groups excluding carboxylic acids is 2. The number of hydrogen-bond donors (Lipinski definition) is 0. The summed E-state index contributed by atoms with van der Waals surface area (Å²) < 4.78 is 0. The van der Waals surface area contributed by atoms with Crippen LogP contribution in [0.15, 0.2) is 54.6 Å². The average Bonchev–Trinajstić information content (AvgIpc) is 3.24. The topological polar surface area (TPSA) is 43.9 Å². The van der Waals surface area contributed by atoms with Crippen LogP contribution in [0, 0.1) is 0 Å². The van der Waals surface area contributed by atoms with Gasteiger partial charge in [-0.05, 0) is 29.8 Å². The zero-order valence-corrected chi connectivity index (χ0v) is 17.7. The van der Waals surface area contributed by atoms with Gasteiger partial charge in [0.25, 0.3) is 5.91 Å². The minimum Gasteiger partial charge on any atom is -0.338 e. The minimum absolute atomic E-state index is 0.0664. The highest BCUT2D eigenvalue weighted by atomic mass is 35.5. The Morgan fingerprint density at radius 2 is 1.66 bits per heavy atom. The Morgan fingerprint density at radius 1 is 0.966 bits per heavy atom. The second kappa shape index (κ2) is 9.20. The fraction of sp³-hybridized carbons (Fsp3) is 0.364. The monoisotopic (exact) mass is 429 g/mol. The van der Waals surface area contributed by atoms with Crippen molar-refractivity contribution in [2.24, 2.45) is 0 Å². The summed E-state index contributed by atoms with van der Waals surface area (Å²) >= 11 is 7.56. The molecule has 2 aliphatic rings. The van der Waals surface area contributed by atoms with Crippen molar-refractivity contribution >= 4 is 35.2 Å². The Morgan fingerprint density at radius 3 is 2.34 bits per heavy atom.